The van der Waals surface area contributed by atoms with Crippen LogP contribution in [0.2, 0.25) is 0 Å². The summed E-state index contributed by atoms with van der Waals surface area (Å²) in [4.78, 5) is 13.3. The third kappa shape index (κ3) is 2.68. The SMILES string of the molecule is C=C(C(=O)c1cc2ccc(OC)cc2s1)c1ccc(C)cc1. The van der Waals surface area contributed by atoms with Crippen LogP contribution in [0.25, 0.3) is 15.7 Å². The fraction of sp³-hybridized carbons (Fsp3) is 0.105. The van der Waals surface area contributed by atoms with E-state index in [1.165, 1.54) is 11.3 Å². The normalized spacial score (nSPS) is 10.6. The van der Waals surface area contributed by atoms with Crippen molar-refractivity contribution in [3.05, 3.63) is 71.1 Å². The van der Waals surface area contributed by atoms with Gasteiger partial charge >= 0.3 is 0 Å². The molecule has 22 heavy (non-hydrogen) atoms. The van der Waals surface area contributed by atoms with Crippen LogP contribution in [0.15, 0.2) is 55.1 Å². The number of hydrogen-bond acceptors (Lipinski definition) is 3. The molecule has 0 bridgehead atoms. The largest absolute Gasteiger partial charge is 0.497 e. The van der Waals surface area contributed by atoms with Gasteiger partial charge in [0.2, 0.25) is 5.78 Å². The number of Topliss-reactive ketones (excluding diaryl/α,β-unsaturated/α-hetero) is 1. The number of aryl methyl sites for hydroxylation is 1. The maximum absolute atomic E-state index is 12.6. The zero-order valence-electron chi connectivity index (χ0n) is 12.6. The fourth-order valence-electron chi connectivity index (χ4n) is 2.28. The molecule has 1 heterocycles. The Bertz CT molecular complexity index is 857. The highest BCUT2D eigenvalue weighted by Gasteiger charge is 2.15. The van der Waals surface area contributed by atoms with Crippen molar-refractivity contribution in [3.63, 3.8) is 0 Å². The van der Waals surface area contributed by atoms with Crippen molar-refractivity contribution < 1.29 is 9.53 Å². The molecule has 0 fully saturated rings. The summed E-state index contributed by atoms with van der Waals surface area (Å²) in [5.41, 5.74) is 2.56. The van der Waals surface area contributed by atoms with Crippen molar-refractivity contribution in [2.24, 2.45) is 0 Å². The molecule has 0 unspecified atom stereocenters. The van der Waals surface area contributed by atoms with E-state index in [0.29, 0.717) is 10.5 Å². The number of rotatable bonds is 4. The van der Waals surface area contributed by atoms with Gasteiger partial charge < -0.3 is 4.74 Å². The molecule has 0 amide bonds. The lowest BCUT2D eigenvalue weighted by Crippen LogP contribution is -1.98. The first-order chi connectivity index (χ1) is 10.6. The number of ether oxygens (including phenoxy) is 1. The summed E-state index contributed by atoms with van der Waals surface area (Å²) >= 11 is 1.47. The first-order valence-corrected chi connectivity index (χ1v) is 7.78. The predicted octanol–water partition coefficient (Wildman–Crippen LogP) is 5.11. The second-order valence-corrected chi connectivity index (χ2v) is 6.27. The van der Waals surface area contributed by atoms with Gasteiger partial charge in [-0.3, -0.25) is 4.79 Å². The standard InChI is InChI=1S/C19H16O2S/c1-12-4-6-14(7-5-12)13(2)19(20)18-10-15-8-9-16(21-3)11-17(15)22-18/h4-11H,2H2,1,3H3. The molecule has 0 N–H and O–H groups in total. The molecular weight excluding hydrogens is 292 g/mol. The number of methoxy groups -OCH3 is 1. The lowest BCUT2D eigenvalue weighted by Gasteiger charge is -2.03. The number of thiophene rings is 1. The lowest BCUT2D eigenvalue weighted by atomic mass is 10.0. The monoisotopic (exact) mass is 308 g/mol. The summed E-state index contributed by atoms with van der Waals surface area (Å²) in [7, 11) is 1.64. The van der Waals surface area contributed by atoms with Crippen LogP contribution in [-0.4, -0.2) is 12.9 Å². The molecule has 0 saturated heterocycles. The number of carbonyl (C=O) groups is 1. The summed E-state index contributed by atoms with van der Waals surface area (Å²) in [5.74, 6) is 0.773. The Morgan fingerprint density at radius 1 is 1.09 bits per heavy atom. The number of ketones is 1. The highest BCUT2D eigenvalue weighted by molar-refractivity contribution is 7.21. The Labute approximate surface area is 133 Å². The molecule has 2 aromatic carbocycles. The summed E-state index contributed by atoms with van der Waals surface area (Å²) < 4.78 is 6.27. The zero-order chi connectivity index (χ0) is 15.7. The summed E-state index contributed by atoms with van der Waals surface area (Å²) in [6, 6.07) is 15.6. The molecule has 3 rings (SSSR count). The second kappa shape index (κ2) is 5.78. The Morgan fingerprint density at radius 3 is 2.50 bits per heavy atom. The molecule has 0 saturated carbocycles. The van der Waals surface area contributed by atoms with Crippen LogP contribution in [0, 0.1) is 6.92 Å². The quantitative estimate of drug-likeness (QED) is 0.494. The van der Waals surface area contributed by atoms with Gasteiger partial charge in [-0.15, -0.1) is 11.3 Å². The summed E-state index contributed by atoms with van der Waals surface area (Å²) in [6.45, 7) is 5.99. The van der Waals surface area contributed by atoms with Crippen LogP contribution < -0.4 is 4.74 Å². The van der Waals surface area contributed by atoms with Gasteiger partial charge in [0.05, 0.1) is 12.0 Å². The van der Waals surface area contributed by atoms with Crippen molar-refractivity contribution in [3.8, 4) is 5.75 Å². The van der Waals surface area contributed by atoms with Crippen LogP contribution in [0.4, 0.5) is 0 Å². The van der Waals surface area contributed by atoms with E-state index in [-0.39, 0.29) is 5.78 Å². The molecule has 0 aliphatic carbocycles. The number of fused-ring (bicyclic) bond motifs is 1. The van der Waals surface area contributed by atoms with Crippen molar-refractivity contribution >= 4 is 32.8 Å². The van der Waals surface area contributed by atoms with Gasteiger partial charge in [0.25, 0.3) is 0 Å². The van der Waals surface area contributed by atoms with Gasteiger partial charge in [0, 0.05) is 10.3 Å². The van der Waals surface area contributed by atoms with E-state index in [1.54, 1.807) is 7.11 Å². The Morgan fingerprint density at radius 2 is 1.82 bits per heavy atom. The smallest absolute Gasteiger partial charge is 0.202 e. The van der Waals surface area contributed by atoms with E-state index in [4.69, 9.17) is 4.74 Å². The molecule has 0 aliphatic heterocycles. The number of allylic oxidation sites excluding steroid dienone is 1. The zero-order valence-corrected chi connectivity index (χ0v) is 13.4. The van der Waals surface area contributed by atoms with Gasteiger partial charge in [-0.05, 0) is 42.1 Å². The minimum absolute atomic E-state index is 0.0241. The molecule has 1 aromatic heterocycles. The molecule has 0 spiro atoms. The molecule has 0 radical (unpaired) electrons. The van der Waals surface area contributed by atoms with Crippen LogP contribution in [0.3, 0.4) is 0 Å². The van der Waals surface area contributed by atoms with Crippen LogP contribution >= 0.6 is 11.3 Å². The van der Waals surface area contributed by atoms with E-state index in [0.717, 1.165) is 27.0 Å². The van der Waals surface area contributed by atoms with Gasteiger partial charge in [-0.25, -0.2) is 0 Å². The minimum atomic E-state index is -0.0241. The molecule has 2 nitrogen and oxygen atoms in total. The first kappa shape index (κ1) is 14.5. The van der Waals surface area contributed by atoms with E-state index < -0.39 is 0 Å². The Hall–Kier alpha value is -2.39. The van der Waals surface area contributed by atoms with E-state index in [9.17, 15) is 4.79 Å². The average Bonchev–Trinajstić information content (AvgIpc) is 2.97. The van der Waals surface area contributed by atoms with Crippen molar-refractivity contribution in [1.29, 1.82) is 0 Å². The maximum Gasteiger partial charge on any atom is 0.202 e. The lowest BCUT2D eigenvalue weighted by molar-refractivity contribution is 0.106. The number of hydrogen-bond donors (Lipinski definition) is 0. The van der Waals surface area contributed by atoms with Crippen molar-refractivity contribution in [1.82, 2.24) is 0 Å². The van der Waals surface area contributed by atoms with Gasteiger partial charge in [-0.1, -0.05) is 36.4 Å². The van der Waals surface area contributed by atoms with Gasteiger partial charge in [0.1, 0.15) is 5.75 Å². The number of carbonyl (C=O) groups excluding carboxylic acids is 1. The van der Waals surface area contributed by atoms with E-state index >= 15 is 0 Å². The average molecular weight is 308 g/mol. The van der Waals surface area contributed by atoms with E-state index in [1.807, 2.05) is 55.5 Å². The summed E-state index contributed by atoms with van der Waals surface area (Å²) in [6.07, 6.45) is 0. The highest BCUT2D eigenvalue weighted by atomic mass is 32.1. The van der Waals surface area contributed by atoms with Gasteiger partial charge in [0.15, 0.2) is 0 Å². The molecule has 110 valence electrons. The minimum Gasteiger partial charge on any atom is -0.497 e. The maximum atomic E-state index is 12.6. The summed E-state index contributed by atoms with van der Waals surface area (Å²) in [5, 5.41) is 1.05. The van der Waals surface area contributed by atoms with E-state index in [2.05, 4.69) is 6.58 Å². The van der Waals surface area contributed by atoms with Crippen LogP contribution in [0.1, 0.15) is 20.8 Å². The molecule has 0 atom stereocenters. The third-order valence-electron chi connectivity index (χ3n) is 3.63. The second-order valence-electron chi connectivity index (χ2n) is 5.19. The fourth-order valence-corrected chi connectivity index (χ4v) is 3.34. The van der Waals surface area contributed by atoms with Gasteiger partial charge in [-0.2, -0.15) is 0 Å². The number of benzene rings is 2. The third-order valence-corrected chi connectivity index (χ3v) is 4.72. The molecule has 3 heteroatoms. The van der Waals surface area contributed by atoms with Crippen LogP contribution in [-0.2, 0) is 0 Å². The van der Waals surface area contributed by atoms with Crippen LogP contribution in [0.5, 0.6) is 5.75 Å². The topological polar surface area (TPSA) is 26.3 Å². The molecule has 3 aromatic rings. The van der Waals surface area contributed by atoms with Crippen molar-refractivity contribution in [2.45, 2.75) is 6.92 Å². The Kier molecular flexibility index (Phi) is 3.82. The highest BCUT2D eigenvalue weighted by Crippen LogP contribution is 2.31. The Balaban J connectivity index is 1.94. The molecular formula is C19H16O2S. The predicted molar refractivity (Wildman–Crippen MR) is 92.9 cm³/mol. The first-order valence-electron chi connectivity index (χ1n) is 6.97. The van der Waals surface area contributed by atoms with Crippen molar-refractivity contribution in [2.75, 3.05) is 7.11 Å². The molecule has 0 aliphatic rings.